The van der Waals surface area contributed by atoms with Gasteiger partial charge in [-0.25, -0.2) is 0 Å². The Kier molecular flexibility index (Phi) is 10.2. The summed E-state index contributed by atoms with van der Waals surface area (Å²) in [5.74, 6) is 0. The van der Waals surface area contributed by atoms with Gasteiger partial charge >= 0.3 is 0 Å². The molecule has 1 atom stereocenters. The van der Waals surface area contributed by atoms with Gasteiger partial charge in [-0.3, -0.25) is 0 Å². The van der Waals surface area contributed by atoms with Crippen LogP contribution in [0.4, 0.5) is 0 Å². The third-order valence-corrected chi connectivity index (χ3v) is 1.72. The van der Waals surface area contributed by atoms with Crippen molar-refractivity contribution < 1.29 is 0 Å². The van der Waals surface area contributed by atoms with E-state index in [4.69, 9.17) is 0 Å². The lowest BCUT2D eigenvalue weighted by Crippen LogP contribution is -1.92. The van der Waals surface area contributed by atoms with Crippen LogP contribution >= 0.6 is 12.6 Å². The molecule has 0 aliphatic carbocycles. The zero-order valence-electron chi connectivity index (χ0n) is 5.85. The fourth-order valence-corrected chi connectivity index (χ4v) is 0.796. The molecule has 52 valence electrons. The second kappa shape index (κ2) is 7.31. The van der Waals surface area contributed by atoms with Gasteiger partial charge in [0, 0.05) is 5.25 Å². The second-order valence-electron chi connectivity index (χ2n) is 1.85. The van der Waals surface area contributed by atoms with E-state index in [0.717, 1.165) is 0 Å². The normalized spacial score (nSPS) is 12.4. The van der Waals surface area contributed by atoms with Crippen molar-refractivity contribution in [3.8, 4) is 0 Å². The number of hydrogen-bond donors (Lipinski definition) is 2. The molecule has 0 saturated heterocycles. The van der Waals surface area contributed by atoms with Gasteiger partial charge in [-0.15, -0.1) is 0 Å². The highest BCUT2D eigenvalue weighted by Gasteiger charge is 1.93. The molecule has 1 nitrogen and oxygen atoms in total. The summed E-state index contributed by atoms with van der Waals surface area (Å²) in [5.41, 5.74) is 0. The van der Waals surface area contributed by atoms with Crippen LogP contribution in [0.1, 0.15) is 33.1 Å². The van der Waals surface area contributed by atoms with Crippen LogP contribution in [-0.4, -0.2) is 5.25 Å². The number of rotatable bonds is 3. The minimum absolute atomic E-state index is 0. The maximum absolute atomic E-state index is 4.31. The topological polar surface area (TPSA) is 35.0 Å². The molecule has 0 aliphatic heterocycles. The van der Waals surface area contributed by atoms with Crippen LogP contribution in [0, 0.1) is 0 Å². The predicted molar refractivity (Wildman–Crippen MR) is 43.0 cm³/mol. The summed E-state index contributed by atoms with van der Waals surface area (Å²) in [4.78, 5) is 0. The van der Waals surface area contributed by atoms with E-state index in [1.165, 1.54) is 19.3 Å². The average Bonchev–Trinajstić information content (AvgIpc) is 1.68. The van der Waals surface area contributed by atoms with Crippen LogP contribution in [0.3, 0.4) is 0 Å². The predicted octanol–water partition coefficient (Wildman–Crippen LogP) is 2.66. The van der Waals surface area contributed by atoms with Gasteiger partial charge in [0.1, 0.15) is 0 Å². The number of thiol groups is 1. The van der Waals surface area contributed by atoms with Crippen molar-refractivity contribution in [3.63, 3.8) is 0 Å². The van der Waals surface area contributed by atoms with Crippen LogP contribution in [-0.2, 0) is 0 Å². The lowest BCUT2D eigenvalue weighted by Gasteiger charge is -2.01. The molecule has 0 fully saturated rings. The SMILES string of the molecule is CCCC(S)CC.N. The first-order valence-electron chi connectivity index (χ1n) is 2.99. The maximum atomic E-state index is 4.31. The van der Waals surface area contributed by atoms with Crippen LogP contribution in [0.15, 0.2) is 0 Å². The van der Waals surface area contributed by atoms with Crippen LogP contribution in [0.2, 0.25) is 0 Å². The monoisotopic (exact) mass is 135 g/mol. The van der Waals surface area contributed by atoms with Gasteiger partial charge < -0.3 is 6.15 Å². The van der Waals surface area contributed by atoms with Crippen molar-refractivity contribution in [2.45, 2.75) is 38.4 Å². The van der Waals surface area contributed by atoms with E-state index in [2.05, 4.69) is 26.5 Å². The van der Waals surface area contributed by atoms with E-state index in [1.54, 1.807) is 0 Å². The zero-order chi connectivity index (χ0) is 5.70. The molecule has 1 unspecified atom stereocenters. The molecule has 0 spiro atoms. The molecule has 0 aromatic carbocycles. The molecule has 0 saturated carbocycles. The lowest BCUT2D eigenvalue weighted by molar-refractivity contribution is 0.724. The Morgan fingerprint density at radius 3 is 2.00 bits per heavy atom. The van der Waals surface area contributed by atoms with Gasteiger partial charge in [-0.2, -0.15) is 12.6 Å². The average molecular weight is 135 g/mol. The van der Waals surface area contributed by atoms with E-state index in [9.17, 15) is 0 Å². The third-order valence-electron chi connectivity index (χ3n) is 1.09. The largest absolute Gasteiger partial charge is 0.344 e. The van der Waals surface area contributed by atoms with Gasteiger partial charge in [0.15, 0.2) is 0 Å². The fraction of sp³-hybridized carbons (Fsp3) is 1.00. The van der Waals surface area contributed by atoms with Crippen molar-refractivity contribution in [1.29, 1.82) is 0 Å². The van der Waals surface area contributed by atoms with Crippen molar-refractivity contribution in [3.05, 3.63) is 0 Å². The molecule has 0 rings (SSSR count). The Hall–Kier alpha value is 0.310. The van der Waals surface area contributed by atoms with Gasteiger partial charge in [0.2, 0.25) is 0 Å². The molecule has 0 aromatic heterocycles. The molecule has 0 aromatic rings. The maximum Gasteiger partial charge on any atom is 0.00140 e. The molecular weight excluding hydrogens is 118 g/mol. The van der Waals surface area contributed by atoms with E-state index in [1.807, 2.05) is 0 Å². The summed E-state index contributed by atoms with van der Waals surface area (Å²) in [5, 5.41) is 0.644. The van der Waals surface area contributed by atoms with Gasteiger partial charge in [0.05, 0.1) is 0 Å². The van der Waals surface area contributed by atoms with E-state index < -0.39 is 0 Å². The van der Waals surface area contributed by atoms with Crippen LogP contribution < -0.4 is 6.15 Å². The zero-order valence-corrected chi connectivity index (χ0v) is 6.75. The fourth-order valence-electron chi connectivity index (χ4n) is 0.537. The summed E-state index contributed by atoms with van der Waals surface area (Å²) in [6, 6.07) is 0. The molecule has 0 radical (unpaired) electrons. The molecule has 0 aliphatic rings. The van der Waals surface area contributed by atoms with E-state index in [0.29, 0.717) is 5.25 Å². The molecule has 0 heterocycles. The molecular formula is C6H17NS. The molecule has 3 N–H and O–H groups in total. The summed E-state index contributed by atoms with van der Waals surface area (Å²) in [6.45, 7) is 4.37. The summed E-state index contributed by atoms with van der Waals surface area (Å²) in [6.07, 6.45) is 3.73. The summed E-state index contributed by atoms with van der Waals surface area (Å²) >= 11 is 4.31. The molecule has 0 bridgehead atoms. The highest BCUT2D eigenvalue weighted by Crippen LogP contribution is 2.06. The Labute approximate surface area is 57.9 Å². The Morgan fingerprint density at radius 2 is 1.88 bits per heavy atom. The highest BCUT2D eigenvalue weighted by molar-refractivity contribution is 7.80. The second-order valence-corrected chi connectivity index (χ2v) is 2.58. The first-order valence-corrected chi connectivity index (χ1v) is 3.51. The first-order chi connectivity index (χ1) is 3.31. The molecule has 2 heteroatoms. The Balaban J connectivity index is 0. The van der Waals surface area contributed by atoms with Gasteiger partial charge in [-0.05, 0) is 12.8 Å². The smallest absolute Gasteiger partial charge is 0.00140 e. The van der Waals surface area contributed by atoms with E-state index in [-0.39, 0.29) is 6.15 Å². The van der Waals surface area contributed by atoms with Crippen molar-refractivity contribution in [1.82, 2.24) is 6.15 Å². The van der Waals surface area contributed by atoms with Crippen molar-refractivity contribution in [2.75, 3.05) is 0 Å². The van der Waals surface area contributed by atoms with Gasteiger partial charge in [-0.1, -0.05) is 20.3 Å². The molecule has 8 heavy (non-hydrogen) atoms. The minimum Gasteiger partial charge on any atom is -0.344 e. The first kappa shape index (κ1) is 11.2. The third kappa shape index (κ3) is 6.31. The Bertz CT molecular complexity index is 39.5. The number of hydrogen-bond acceptors (Lipinski definition) is 2. The van der Waals surface area contributed by atoms with Crippen LogP contribution in [0.5, 0.6) is 0 Å². The quantitative estimate of drug-likeness (QED) is 0.573. The highest BCUT2D eigenvalue weighted by atomic mass is 32.1. The summed E-state index contributed by atoms with van der Waals surface area (Å²) in [7, 11) is 0. The van der Waals surface area contributed by atoms with Crippen LogP contribution in [0.25, 0.3) is 0 Å². The summed E-state index contributed by atoms with van der Waals surface area (Å²) < 4.78 is 0. The lowest BCUT2D eigenvalue weighted by atomic mass is 10.2. The van der Waals surface area contributed by atoms with Crippen molar-refractivity contribution in [2.24, 2.45) is 0 Å². The molecule has 0 amide bonds. The Morgan fingerprint density at radius 1 is 1.38 bits per heavy atom. The minimum atomic E-state index is 0. The van der Waals surface area contributed by atoms with Gasteiger partial charge in [0.25, 0.3) is 0 Å². The standard InChI is InChI=1S/C6H14S.H3N/c1-3-5-6(7)4-2;/h6-7H,3-5H2,1-2H3;1H3. The van der Waals surface area contributed by atoms with Crippen molar-refractivity contribution >= 4 is 12.6 Å². The van der Waals surface area contributed by atoms with E-state index >= 15 is 0 Å².